The maximum absolute atomic E-state index is 5.58. The van der Waals surface area contributed by atoms with Gasteiger partial charge in [-0.3, -0.25) is 4.90 Å². The van der Waals surface area contributed by atoms with Gasteiger partial charge in [0.05, 0.1) is 20.3 Å². The van der Waals surface area contributed by atoms with E-state index in [2.05, 4.69) is 28.2 Å². The molecule has 0 radical (unpaired) electrons. The molecule has 1 aromatic rings. The fourth-order valence-corrected chi connectivity index (χ4v) is 2.86. The van der Waals surface area contributed by atoms with Crippen LogP contribution < -0.4 is 14.8 Å². The van der Waals surface area contributed by atoms with Crippen LogP contribution in [0.1, 0.15) is 11.6 Å². The molecule has 1 aromatic carbocycles. The van der Waals surface area contributed by atoms with Crippen LogP contribution in [0.15, 0.2) is 18.2 Å². The lowest BCUT2D eigenvalue weighted by Crippen LogP contribution is -2.47. The Kier molecular flexibility index (Phi) is 5.85. The van der Waals surface area contributed by atoms with Gasteiger partial charge in [0.2, 0.25) is 0 Å². The van der Waals surface area contributed by atoms with E-state index in [-0.39, 0.29) is 0 Å². The molecule has 1 saturated heterocycles. The van der Waals surface area contributed by atoms with E-state index in [1.165, 1.54) is 5.56 Å². The molecule has 1 aliphatic heterocycles. The number of rotatable bonds is 6. The molecule has 1 atom stereocenters. The maximum Gasteiger partial charge on any atom is 0.127 e. The average molecular weight is 293 g/mol. The van der Waals surface area contributed by atoms with Crippen molar-refractivity contribution in [3.63, 3.8) is 0 Å². The minimum Gasteiger partial charge on any atom is -0.497 e. The van der Waals surface area contributed by atoms with Gasteiger partial charge in [0.25, 0.3) is 0 Å². The minimum absolute atomic E-state index is 0.324. The molecule has 5 nitrogen and oxygen atoms in total. The number of piperazine rings is 1. The van der Waals surface area contributed by atoms with Gasteiger partial charge in [-0.2, -0.15) is 0 Å². The first-order valence-corrected chi connectivity index (χ1v) is 7.48. The number of benzene rings is 1. The zero-order valence-corrected chi connectivity index (χ0v) is 13.6. The smallest absolute Gasteiger partial charge is 0.127 e. The van der Waals surface area contributed by atoms with Gasteiger partial charge >= 0.3 is 0 Å². The third-order valence-corrected chi connectivity index (χ3v) is 4.18. The van der Waals surface area contributed by atoms with E-state index in [1.807, 2.05) is 19.2 Å². The lowest BCUT2D eigenvalue weighted by molar-refractivity contribution is 0.110. The fraction of sp³-hybridized carbons (Fsp3) is 0.625. The molecule has 5 heteroatoms. The van der Waals surface area contributed by atoms with E-state index >= 15 is 0 Å². The highest BCUT2D eigenvalue weighted by molar-refractivity contribution is 5.42. The van der Waals surface area contributed by atoms with Crippen LogP contribution >= 0.6 is 0 Å². The number of hydrogen-bond donors (Lipinski definition) is 1. The first kappa shape index (κ1) is 16.1. The van der Waals surface area contributed by atoms with Crippen molar-refractivity contribution >= 4 is 0 Å². The summed E-state index contributed by atoms with van der Waals surface area (Å²) >= 11 is 0. The molecule has 2 rings (SSSR count). The largest absolute Gasteiger partial charge is 0.497 e. The predicted molar refractivity (Wildman–Crippen MR) is 85.3 cm³/mol. The van der Waals surface area contributed by atoms with Crippen molar-refractivity contribution in [2.24, 2.45) is 0 Å². The summed E-state index contributed by atoms with van der Waals surface area (Å²) in [5, 5.41) is 3.31. The molecule has 0 amide bonds. The molecule has 1 unspecified atom stereocenters. The lowest BCUT2D eigenvalue weighted by atomic mass is 10.0. The molecular weight excluding hydrogens is 266 g/mol. The van der Waals surface area contributed by atoms with Crippen LogP contribution in [0, 0.1) is 0 Å². The number of nitrogens with one attached hydrogen (secondary N) is 1. The number of hydrogen-bond acceptors (Lipinski definition) is 5. The molecular formula is C16H27N3O2. The summed E-state index contributed by atoms with van der Waals surface area (Å²) in [5.41, 5.74) is 1.22. The molecule has 0 spiro atoms. The highest BCUT2D eigenvalue weighted by Gasteiger charge is 2.25. The Labute approximate surface area is 127 Å². The van der Waals surface area contributed by atoms with E-state index in [9.17, 15) is 0 Å². The highest BCUT2D eigenvalue weighted by atomic mass is 16.5. The van der Waals surface area contributed by atoms with Crippen LogP contribution in [-0.4, -0.2) is 70.8 Å². The topological polar surface area (TPSA) is 37.0 Å². The molecule has 0 aromatic heterocycles. The number of methoxy groups -OCH3 is 2. The summed E-state index contributed by atoms with van der Waals surface area (Å²) in [4.78, 5) is 4.90. The molecule has 0 saturated carbocycles. The Morgan fingerprint density at radius 2 is 1.86 bits per heavy atom. The normalized spacial score (nSPS) is 18.5. The lowest BCUT2D eigenvalue weighted by Gasteiger charge is -2.38. The quantitative estimate of drug-likeness (QED) is 0.853. The Bertz CT molecular complexity index is 445. The third kappa shape index (κ3) is 3.87. The van der Waals surface area contributed by atoms with Crippen molar-refractivity contribution in [2.45, 2.75) is 6.04 Å². The summed E-state index contributed by atoms with van der Waals surface area (Å²) in [6.45, 7) is 5.29. The average Bonchev–Trinajstić information content (AvgIpc) is 2.53. The monoisotopic (exact) mass is 293 g/mol. The van der Waals surface area contributed by atoms with Crippen molar-refractivity contribution < 1.29 is 9.47 Å². The van der Waals surface area contributed by atoms with E-state index < -0.39 is 0 Å². The highest BCUT2D eigenvalue weighted by Crippen LogP contribution is 2.32. The molecule has 1 aliphatic rings. The third-order valence-electron chi connectivity index (χ3n) is 4.18. The van der Waals surface area contributed by atoms with Crippen molar-refractivity contribution in [2.75, 3.05) is 61.0 Å². The second-order valence-corrected chi connectivity index (χ2v) is 5.52. The first-order valence-electron chi connectivity index (χ1n) is 7.48. The van der Waals surface area contributed by atoms with Crippen molar-refractivity contribution in [3.05, 3.63) is 23.8 Å². The SMILES string of the molecule is CNCC(c1ccc(OC)cc1OC)N1CCN(C)CC1. The molecule has 21 heavy (non-hydrogen) atoms. The van der Waals surface area contributed by atoms with Crippen molar-refractivity contribution in [1.82, 2.24) is 15.1 Å². The molecule has 0 bridgehead atoms. The van der Waals surface area contributed by atoms with Gasteiger partial charge in [-0.1, -0.05) is 6.07 Å². The summed E-state index contributed by atoms with van der Waals surface area (Å²) in [5.74, 6) is 1.73. The Morgan fingerprint density at radius 1 is 1.14 bits per heavy atom. The summed E-state index contributed by atoms with van der Waals surface area (Å²) in [6, 6.07) is 6.42. The fourth-order valence-electron chi connectivity index (χ4n) is 2.86. The van der Waals surface area contributed by atoms with Gasteiger partial charge in [0.15, 0.2) is 0 Å². The van der Waals surface area contributed by atoms with Gasteiger partial charge in [0, 0.05) is 44.4 Å². The van der Waals surface area contributed by atoms with Crippen LogP contribution in [0.25, 0.3) is 0 Å². The standard InChI is InChI=1S/C16H27N3O2/c1-17-12-15(19-9-7-18(2)8-10-19)14-6-5-13(20-3)11-16(14)21-4/h5-6,11,15,17H,7-10,12H2,1-4H3. The summed E-state index contributed by atoms with van der Waals surface area (Å²) in [7, 11) is 7.58. The number of likely N-dealkylation sites (N-methyl/N-ethyl adjacent to an activating group) is 2. The number of ether oxygens (including phenoxy) is 2. The molecule has 0 aliphatic carbocycles. The van der Waals surface area contributed by atoms with E-state index in [4.69, 9.17) is 9.47 Å². The first-order chi connectivity index (χ1) is 10.2. The molecule has 1 heterocycles. The van der Waals surface area contributed by atoms with Crippen molar-refractivity contribution in [1.29, 1.82) is 0 Å². The van der Waals surface area contributed by atoms with Gasteiger partial charge in [-0.05, 0) is 20.2 Å². The van der Waals surface area contributed by atoms with Gasteiger partial charge in [-0.25, -0.2) is 0 Å². The molecule has 1 N–H and O–H groups in total. The zero-order chi connectivity index (χ0) is 15.2. The molecule has 1 fully saturated rings. The maximum atomic E-state index is 5.58. The van der Waals surface area contributed by atoms with Crippen LogP contribution in [0.4, 0.5) is 0 Å². The minimum atomic E-state index is 0.324. The Hall–Kier alpha value is -1.30. The summed E-state index contributed by atoms with van der Waals surface area (Å²) in [6.07, 6.45) is 0. The second kappa shape index (κ2) is 7.64. The van der Waals surface area contributed by atoms with Gasteiger partial charge in [0.1, 0.15) is 11.5 Å². The van der Waals surface area contributed by atoms with Crippen LogP contribution in [0.2, 0.25) is 0 Å². The van der Waals surface area contributed by atoms with Crippen LogP contribution in [0.5, 0.6) is 11.5 Å². The van der Waals surface area contributed by atoms with E-state index in [1.54, 1.807) is 14.2 Å². The predicted octanol–water partition coefficient (Wildman–Crippen LogP) is 1.21. The zero-order valence-electron chi connectivity index (χ0n) is 13.6. The molecule has 118 valence electrons. The summed E-state index contributed by atoms with van der Waals surface area (Å²) < 4.78 is 10.9. The van der Waals surface area contributed by atoms with E-state index in [0.717, 1.165) is 44.2 Å². The van der Waals surface area contributed by atoms with Crippen molar-refractivity contribution in [3.8, 4) is 11.5 Å². The van der Waals surface area contributed by atoms with Gasteiger partial charge < -0.3 is 19.7 Å². The Morgan fingerprint density at radius 3 is 2.43 bits per heavy atom. The van der Waals surface area contributed by atoms with E-state index in [0.29, 0.717) is 6.04 Å². The second-order valence-electron chi connectivity index (χ2n) is 5.52. The van der Waals surface area contributed by atoms with Crippen LogP contribution in [-0.2, 0) is 0 Å². The van der Waals surface area contributed by atoms with Gasteiger partial charge in [-0.15, -0.1) is 0 Å². The number of nitrogens with zero attached hydrogens (tertiary/aromatic N) is 2. The van der Waals surface area contributed by atoms with Crippen LogP contribution in [0.3, 0.4) is 0 Å². The Balaban J connectivity index is 2.24.